The van der Waals surface area contributed by atoms with Crippen molar-refractivity contribution in [1.29, 1.82) is 0 Å². The molecule has 2 aromatic heterocycles. The van der Waals surface area contributed by atoms with Gasteiger partial charge >= 0.3 is 0 Å². The number of aromatic nitrogens is 1. The molecule has 7 heteroatoms. The van der Waals surface area contributed by atoms with E-state index in [1.807, 2.05) is 0 Å². The monoisotopic (exact) mass is 428 g/mol. The van der Waals surface area contributed by atoms with E-state index in [9.17, 15) is 9.59 Å². The number of aryl methyl sites for hydroxylation is 1. The van der Waals surface area contributed by atoms with E-state index in [1.165, 1.54) is 16.9 Å². The molecule has 2 aromatic rings. The van der Waals surface area contributed by atoms with Crippen LogP contribution in [0.3, 0.4) is 0 Å². The molecule has 3 heterocycles. The first kappa shape index (κ1) is 21.1. The second-order valence-electron chi connectivity index (χ2n) is 9.54. The van der Waals surface area contributed by atoms with Crippen molar-refractivity contribution in [3.63, 3.8) is 0 Å². The number of thiophene rings is 1. The van der Waals surface area contributed by atoms with Crippen molar-refractivity contribution in [3.8, 4) is 0 Å². The van der Waals surface area contributed by atoms with Gasteiger partial charge in [0.25, 0.3) is 5.91 Å². The Kier molecular flexibility index (Phi) is 5.51. The van der Waals surface area contributed by atoms with Gasteiger partial charge in [-0.1, -0.05) is 27.2 Å². The zero-order valence-electron chi connectivity index (χ0n) is 18.2. The summed E-state index contributed by atoms with van der Waals surface area (Å²) in [5, 5.41) is 0.907. The highest BCUT2D eigenvalue weighted by atomic mass is 32.1. The third-order valence-corrected chi connectivity index (χ3v) is 8.58. The summed E-state index contributed by atoms with van der Waals surface area (Å²) in [5.74, 6) is 0.175. The Bertz CT molecular complexity index is 989. The van der Waals surface area contributed by atoms with Crippen molar-refractivity contribution in [3.05, 3.63) is 22.2 Å². The third kappa shape index (κ3) is 3.68. The number of likely N-dealkylation sites (tertiary alicyclic amines) is 1. The van der Waals surface area contributed by atoms with E-state index in [0.717, 1.165) is 41.6 Å². The van der Waals surface area contributed by atoms with E-state index >= 15 is 0 Å². The third-order valence-electron chi connectivity index (χ3n) is 7.48. The van der Waals surface area contributed by atoms with Gasteiger partial charge < -0.3 is 16.4 Å². The summed E-state index contributed by atoms with van der Waals surface area (Å²) in [6.45, 7) is 8.05. The molecular weight excluding hydrogens is 396 g/mol. The Labute approximate surface area is 182 Å². The fraction of sp³-hybridized carbons (Fsp3) is 0.609. The number of rotatable bonds is 4. The van der Waals surface area contributed by atoms with E-state index in [4.69, 9.17) is 16.5 Å². The molecule has 30 heavy (non-hydrogen) atoms. The number of piperidine rings is 1. The molecular formula is C23H32N4O2S. The van der Waals surface area contributed by atoms with Crippen molar-refractivity contribution in [2.24, 2.45) is 23.0 Å². The summed E-state index contributed by atoms with van der Waals surface area (Å²) < 4.78 is 0. The molecule has 6 nitrogen and oxygen atoms in total. The van der Waals surface area contributed by atoms with E-state index in [2.05, 4.69) is 26.8 Å². The fourth-order valence-corrected chi connectivity index (χ4v) is 5.88. The molecule has 4 rings (SSSR count). The maximum atomic E-state index is 13.1. The van der Waals surface area contributed by atoms with E-state index in [0.29, 0.717) is 47.8 Å². The second kappa shape index (κ2) is 7.84. The highest BCUT2D eigenvalue weighted by Crippen LogP contribution is 2.42. The van der Waals surface area contributed by atoms with Crippen LogP contribution in [-0.2, 0) is 17.6 Å². The van der Waals surface area contributed by atoms with Crippen LogP contribution in [-0.4, -0.2) is 34.8 Å². The minimum absolute atomic E-state index is 0.0543. The lowest BCUT2D eigenvalue weighted by Gasteiger charge is -2.36. The molecule has 0 aromatic carbocycles. The normalized spacial score (nSPS) is 20.4. The highest BCUT2D eigenvalue weighted by Gasteiger charge is 2.33. The van der Waals surface area contributed by atoms with Crippen LogP contribution < -0.4 is 11.5 Å². The largest absolute Gasteiger partial charge is 0.397 e. The van der Waals surface area contributed by atoms with Crippen LogP contribution in [0.4, 0.5) is 5.69 Å². The maximum Gasteiger partial charge on any atom is 0.266 e. The van der Waals surface area contributed by atoms with Gasteiger partial charge in [0.15, 0.2) is 0 Å². The zero-order valence-corrected chi connectivity index (χ0v) is 19.0. The summed E-state index contributed by atoms with van der Waals surface area (Å²) in [7, 11) is 0. The Morgan fingerprint density at radius 2 is 1.97 bits per heavy atom. The molecule has 0 spiro atoms. The molecule has 162 valence electrons. The highest BCUT2D eigenvalue weighted by molar-refractivity contribution is 7.21. The number of hydrogen-bond acceptors (Lipinski definition) is 5. The lowest BCUT2D eigenvalue weighted by atomic mass is 9.69. The number of nitrogens with zero attached hydrogens (tertiary/aromatic N) is 2. The summed E-state index contributed by atoms with van der Waals surface area (Å²) >= 11 is 1.40. The van der Waals surface area contributed by atoms with Crippen LogP contribution in [0.15, 0.2) is 6.07 Å². The maximum absolute atomic E-state index is 13.1. The summed E-state index contributed by atoms with van der Waals surface area (Å²) in [6, 6.07) is 2.18. The standard InChI is InChI=1S/C23H32N4O2S/c1-4-23(2,3)15-5-6-17-14(11-15)12-16-18(24)19(30-21(16)26-17)22(29)27-9-7-13(8-10-27)20(25)28/h12-13,15H,4-11,24H2,1-3H3,(H2,25,28). The van der Waals surface area contributed by atoms with Crippen molar-refractivity contribution >= 4 is 39.1 Å². The van der Waals surface area contributed by atoms with Crippen molar-refractivity contribution in [1.82, 2.24) is 9.88 Å². The van der Waals surface area contributed by atoms with Gasteiger partial charge in [-0.15, -0.1) is 11.3 Å². The number of fused-ring (bicyclic) bond motifs is 2. The van der Waals surface area contributed by atoms with Gasteiger partial charge in [-0.05, 0) is 55.1 Å². The van der Waals surface area contributed by atoms with Crippen molar-refractivity contribution < 1.29 is 9.59 Å². The molecule has 2 amide bonds. The number of amides is 2. The molecule has 0 bridgehead atoms. The van der Waals surface area contributed by atoms with Crippen molar-refractivity contribution in [2.45, 2.75) is 59.3 Å². The second-order valence-corrected chi connectivity index (χ2v) is 10.5. The lowest BCUT2D eigenvalue weighted by Crippen LogP contribution is -2.41. The SMILES string of the molecule is CCC(C)(C)C1CCc2nc3sc(C(=O)N4CCC(C(N)=O)CC4)c(N)c3cc2C1. The minimum Gasteiger partial charge on any atom is -0.397 e. The summed E-state index contributed by atoms with van der Waals surface area (Å²) in [4.78, 5) is 32.6. The van der Waals surface area contributed by atoms with E-state index in [-0.39, 0.29) is 17.7 Å². The quantitative estimate of drug-likeness (QED) is 0.774. The first-order valence-corrected chi connectivity index (χ1v) is 11.8. The van der Waals surface area contributed by atoms with E-state index < -0.39 is 0 Å². The predicted octanol–water partition coefficient (Wildman–Crippen LogP) is 3.76. The summed E-state index contributed by atoms with van der Waals surface area (Å²) in [6.07, 6.45) is 5.57. The number of primary amides is 1. The average molecular weight is 429 g/mol. The Morgan fingerprint density at radius 3 is 2.60 bits per heavy atom. The Morgan fingerprint density at radius 1 is 1.27 bits per heavy atom. The molecule has 1 aliphatic heterocycles. The average Bonchev–Trinajstić information content (AvgIpc) is 3.06. The van der Waals surface area contributed by atoms with Crippen LogP contribution in [0.1, 0.15) is 67.4 Å². The molecule has 1 fully saturated rings. The van der Waals surface area contributed by atoms with Gasteiger partial charge in [-0.3, -0.25) is 9.59 Å². The van der Waals surface area contributed by atoms with Crippen LogP contribution in [0.5, 0.6) is 0 Å². The van der Waals surface area contributed by atoms with Crippen LogP contribution in [0, 0.1) is 17.3 Å². The van der Waals surface area contributed by atoms with E-state index in [1.54, 1.807) is 4.90 Å². The topological polar surface area (TPSA) is 102 Å². The summed E-state index contributed by atoms with van der Waals surface area (Å²) in [5.41, 5.74) is 15.2. The molecule has 1 atom stereocenters. The molecule has 1 aliphatic carbocycles. The van der Waals surface area contributed by atoms with Gasteiger partial charge in [0, 0.05) is 30.1 Å². The number of nitrogen functional groups attached to an aromatic ring is 1. The molecule has 1 saturated heterocycles. The Hall–Kier alpha value is -2.15. The van der Waals surface area contributed by atoms with Gasteiger partial charge in [0.05, 0.1) is 5.69 Å². The zero-order chi connectivity index (χ0) is 21.6. The molecule has 2 aliphatic rings. The fourth-order valence-electron chi connectivity index (χ4n) is 4.82. The van der Waals surface area contributed by atoms with Gasteiger partial charge in [-0.2, -0.15) is 0 Å². The number of anilines is 1. The van der Waals surface area contributed by atoms with Gasteiger partial charge in [0.2, 0.25) is 5.91 Å². The predicted molar refractivity (Wildman–Crippen MR) is 121 cm³/mol. The number of nitrogens with two attached hydrogens (primary N) is 2. The molecule has 0 radical (unpaired) electrons. The van der Waals surface area contributed by atoms with Crippen LogP contribution in [0.25, 0.3) is 10.2 Å². The Balaban J connectivity index is 1.59. The molecule has 1 unspecified atom stereocenters. The van der Waals surface area contributed by atoms with Crippen molar-refractivity contribution in [2.75, 3.05) is 18.8 Å². The lowest BCUT2D eigenvalue weighted by molar-refractivity contribution is -0.123. The van der Waals surface area contributed by atoms with Crippen LogP contribution in [0.2, 0.25) is 0 Å². The van der Waals surface area contributed by atoms with Gasteiger partial charge in [0.1, 0.15) is 9.71 Å². The molecule has 4 N–H and O–H groups in total. The number of carbonyl (C=O) groups is 2. The number of carbonyl (C=O) groups excluding carboxylic acids is 2. The smallest absolute Gasteiger partial charge is 0.266 e. The number of pyridine rings is 1. The first-order chi connectivity index (χ1) is 14.2. The minimum atomic E-state index is -0.275. The number of hydrogen-bond donors (Lipinski definition) is 2. The van der Waals surface area contributed by atoms with Gasteiger partial charge in [-0.25, -0.2) is 4.98 Å². The first-order valence-electron chi connectivity index (χ1n) is 11.0. The van der Waals surface area contributed by atoms with Crippen LogP contribution >= 0.6 is 11.3 Å². The molecule has 0 saturated carbocycles.